The molecule has 1 amide bonds. The van der Waals surface area contributed by atoms with E-state index in [0.717, 1.165) is 11.3 Å². The Labute approximate surface area is 140 Å². The lowest BCUT2D eigenvalue weighted by Gasteiger charge is -2.06. The molecule has 0 aliphatic heterocycles. The molecule has 0 unspecified atom stereocenters. The Bertz CT molecular complexity index is 795. The number of carbonyl (C=O) groups excluding carboxylic acids is 1. The molecule has 0 radical (unpaired) electrons. The van der Waals surface area contributed by atoms with Gasteiger partial charge in [-0.1, -0.05) is 48.0 Å². The fraction of sp³-hybridized carbons (Fsp3) is 0.158. The van der Waals surface area contributed by atoms with Crippen molar-refractivity contribution in [2.75, 3.05) is 6.61 Å². The summed E-state index contributed by atoms with van der Waals surface area (Å²) in [4.78, 5) is 11.9. The lowest BCUT2D eigenvalue weighted by molar-refractivity contribution is -0.123. The van der Waals surface area contributed by atoms with E-state index in [9.17, 15) is 4.79 Å². The third-order valence-corrected chi connectivity index (χ3v) is 3.55. The van der Waals surface area contributed by atoms with Crippen LogP contribution in [-0.4, -0.2) is 22.3 Å². The number of hydrogen-bond donors (Lipinski definition) is 1. The topological polar surface area (TPSA) is 56.1 Å². The number of ether oxygens (including phenoxy) is 1. The van der Waals surface area contributed by atoms with Crippen LogP contribution in [0.3, 0.4) is 0 Å². The lowest BCUT2D eigenvalue weighted by atomic mass is 10.1. The molecule has 5 heteroatoms. The first-order valence-corrected chi connectivity index (χ1v) is 7.77. The van der Waals surface area contributed by atoms with Crippen LogP contribution in [0, 0.1) is 6.92 Å². The third-order valence-electron chi connectivity index (χ3n) is 3.55. The maximum Gasteiger partial charge on any atom is 0.258 e. The predicted molar refractivity (Wildman–Crippen MR) is 92.1 cm³/mol. The van der Waals surface area contributed by atoms with Crippen LogP contribution in [0.25, 0.3) is 5.69 Å². The predicted octanol–water partition coefficient (Wildman–Crippen LogP) is 2.88. The van der Waals surface area contributed by atoms with E-state index in [-0.39, 0.29) is 12.5 Å². The molecule has 0 aliphatic carbocycles. The molecular formula is C19H19N3O2. The highest BCUT2D eigenvalue weighted by molar-refractivity contribution is 5.77. The van der Waals surface area contributed by atoms with Crippen molar-refractivity contribution < 1.29 is 9.53 Å². The van der Waals surface area contributed by atoms with Gasteiger partial charge < -0.3 is 10.1 Å². The normalized spacial score (nSPS) is 10.4. The van der Waals surface area contributed by atoms with Crippen LogP contribution < -0.4 is 10.1 Å². The zero-order valence-corrected chi connectivity index (χ0v) is 13.5. The minimum atomic E-state index is -0.176. The number of hydrogen-bond acceptors (Lipinski definition) is 3. The number of para-hydroxylation sites is 1. The molecule has 1 heterocycles. The Morgan fingerprint density at radius 3 is 2.58 bits per heavy atom. The summed E-state index contributed by atoms with van der Waals surface area (Å²) >= 11 is 0. The van der Waals surface area contributed by atoms with Crippen molar-refractivity contribution in [3.8, 4) is 11.6 Å². The van der Waals surface area contributed by atoms with Crippen LogP contribution in [-0.2, 0) is 11.3 Å². The van der Waals surface area contributed by atoms with Crippen molar-refractivity contribution >= 4 is 5.91 Å². The van der Waals surface area contributed by atoms with Gasteiger partial charge in [0.1, 0.15) is 0 Å². The molecule has 0 saturated carbocycles. The quantitative estimate of drug-likeness (QED) is 0.759. The van der Waals surface area contributed by atoms with Gasteiger partial charge in [0.2, 0.25) is 5.88 Å². The molecule has 3 rings (SSSR count). The first kappa shape index (κ1) is 15.8. The molecule has 122 valence electrons. The molecule has 1 N–H and O–H groups in total. The highest BCUT2D eigenvalue weighted by Crippen LogP contribution is 2.11. The first-order chi connectivity index (χ1) is 11.7. The molecule has 0 atom stereocenters. The SMILES string of the molecule is Cc1ccc(CNC(=O)COc2ccn(-c3ccccc3)n2)cc1. The molecular weight excluding hydrogens is 302 g/mol. The number of nitrogens with zero attached hydrogens (tertiary/aromatic N) is 2. The standard InChI is InChI=1S/C19H19N3O2/c1-15-7-9-16(10-8-15)13-20-18(23)14-24-19-11-12-22(21-19)17-5-3-2-4-6-17/h2-12H,13-14H2,1H3,(H,20,23). The number of aromatic nitrogens is 2. The second-order valence-electron chi connectivity index (χ2n) is 5.49. The van der Waals surface area contributed by atoms with Crippen LogP contribution in [0.1, 0.15) is 11.1 Å². The second-order valence-corrected chi connectivity index (χ2v) is 5.49. The van der Waals surface area contributed by atoms with Gasteiger partial charge >= 0.3 is 0 Å². The van der Waals surface area contributed by atoms with Crippen molar-refractivity contribution in [3.05, 3.63) is 78.0 Å². The van der Waals surface area contributed by atoms with Gasteiger partial charge in [-0.15, -0.1) is 5.10 Å². The third kappa shape index (κ3) is 4.23. The van der Waals surface area contributed by atoms with E-state index in [1.165, 1.54) is 5.56 Å². The first-order valence-electron chi connectivity index (χ1n) is 7.77. The number of benzene rings is 2. The summed E-state index contributed by atoms with van der Waals surface area (Å²) in [5.74, 6) is 0.245. The molecule has 0 bridgehead atoms. The van der Waals surface area contributed by atoms with Gasteiger partial charge in [-0.05, 0) is 24.6 Å². The van der Waals surface area contributed by atoms with E-state index < -0.39 is 0 Å². The molecule has 0 aliphatic rings. The Balaban J connectivity index is 1.48. The molecule has 2 aromatic carbocycles. The van der Waals surface area contributed by atoms with Crippen LogP contribution in [0.5, 0.6) is 5.88 Å². The molecule has 0 fully saturated rings. The summed E-state index contributed by atoms with van der Waals surface area (Å²) in [5, 5.41) is 7.12. The van der Waals surface area contributed by atoms with Gasteiger partial charge in [0.05, 0.1) is 5.69 Å². The van der Waals surface area contributed by atoms with Crippen molar-refractivity contribution in [3.63, 3.8) is 0 Å². The Hall–Kier alpha value is -3.08. The summed E-state index contributed by atoms with van der Waals surface area (Å²) in [6.45, 7) is 2.46. The minimum absolute atomic E-state index is 0.0579. The van der Waals surface area contributed by atoms with E-state index in [4.69, 9.17) is 4.74 Å². The lowest BCUT2D eigenvalue weighted by Crippen LogP contribution is -2.28. The summed E-state index contributed by atoms with van der Waals surface area (Å²) in [7, 11) is 0. The van der Waals surface area contributed by atoms with Gasteiger partial charge in [-0.2, -0.15) is 0 Å². The zero-order valence-electron chi connectivity index (χ0n) is 13.5. The molecule has 3 aromatic rings. The van der Waals surface area contributed by atoms with Gasteiger partial charge in [0.15, 0.2) is 6.61 Å². The van der Waals surface area contributed by atoms with Gasteiger partial charge in [0, 0.05) is 18.8 Å². The summed E-state index contributed by atoms with van der Waals surface area (Å²) in [5.41, 5.74) is 3.20. The Morgan fingerprint density at radius 1 is 1.08 bits per heavy atom. The largest absolute Gasteiger partial charge is 0.466 e. The average molecular weight is 321 g/mol. The van der Waals surface area contributed by atoms with Crippen molar-refractivity contribution in [1.29, 1.82) is 0 Å². The molecule has 24 heavy (non-hydrogen) atoms. The van der Waals surface area contributed by atoms with Crippen LogP contribution in [0.4, 0.5) is 0 Å². The maximum atomic E-state index is 11.9. The Kier molecular flexibility index (Phi) is 4.91. The summed E-state index contributed by atoms with van der Waals surface area (Å²) in [6, 6.07) is 19.5. The molecule has 1 aromatic heterocycles. The van der Waals surface area contributed by atoms with E-state index in [0.29, 0.717) is 12.4 Å². The number of aryl methyl sites for hydroxylation is 1. The van der Waals surface area contributed by atoms with Crippen molar-refractivity contribution in [1.82, 2.24) is 15.1 Å². The van der Waals surface area contributed by atoms with E-state index in [2.05, 4.69) is 10.4 Å². The van der Waals surface area contributed by atoms with Crippen LogP contribution in [0.2, 0.25) is 0 Å². The van der Waals surface area contributed by atoms with E-state index in [1.807, 2.05) is 61.5 Å². The summed E-state index contributed by atoms with van der Waals surface area (Å²) in [6.07, 6.45) is 1.80. The van der Waals surface area contributed by atoms with E-state index >= 15 is 0 Å². The second kappa shape index (κ2) is 7.46. The zero-order chi connectivity index (χ0) is 16.8. The highest BCUT2D eigenvalue weighted by atomic mass is 16.5. The smallest absolute Gasteiger partial charge is 0.258 e. The summed E-state index contributed by atoms with van der Waals surface area (Å²) < 4.78 is 7.14. The average Bonchev–Trinajstić information content (AvgIpc) is 3.09. The molecule has 0 saturated heterocycles. The van der Waals surface area contributed by atoms with E-state index in [1.54, 1.807) is 16.9 Å². The monoisotopic (exact) mass is 321 g/mol. The number of amides is 1. The maximum absolute atomic E-state index is 11.9. The number of rotatable bonds is 6. The van der Waals surface area contributed by atoms with Crippen LogP contribution in [0.15, 0.2) is 66.9 Å². The number of carbonyl (C=O) groups is 1. The number of nitrogens with one attached hydrogen (secondary N) is 1. The fourth-order valence-electron chi connectivity index (χ4n) is 2.21. The minimum Gasteiger partial charge on any atom is -0.466 e. The Morgan fingerprint density at radius 2 is 1.83 bits per heavy atom. The fourth-order valence-corrected chi connectivity index (χ4v) is 2.21. The molecule has 5 nitrogen and oxygen atoms in total. The van der Waals surface area contributed by atoms with Crippen LogP contribution >= 0.6 is 0 Å². The molecule has 0 spiro atoms. The van der Waals surface area contributed by atoms with Crippen molar-refractivity contribution in [2.24, 2.45) is 0 Å². The highest BCUT2D eigenvalue weighted by Gasteiger charge is 2.06. The van der Waals surface area contributed by atoms with Crippen molar-refractivity contribution in [2.45, 2.75) is 13.5 Å². The van der Waals surface area contributed by atoms with Gasteiger partial charge in [-0.3, -0.25) is 4.79 Å². The van der Waals surface area contributed by atoms with Gasteiger partial charge in [0.25, 0.3) is 5.91 Å². The van der Waals surface area contributed by atoms with Gasteiger partial charge in [-0.25, -0.2) is 4.68 Å².